The molecule has 2 aliphatic rings. The molecule has 3 rings (SSSR count). The monoisotopic (exact) mass is 391 g/mol. The lowest BCUT2D eigenvalue weighted by Crippen LogP contribution is -2.47. The van der Waals surface area contributed by atoms with Gasteiger partial charge in [-0.05, 0) is 38.1 Å². The molecule has 25 heavy (non-hydrogen) atoms. The molecule has 0 bridgehead atoms. The molecule has 3 heterocycles. The Hall–Kier alpha value is -1.16. The molecule has 1 aromatic heterocycles. The first kappa shape index (κ1) is 20.2. The van der Waals surface area contributed by atoms with E-state index in [1.165, 1.54) is 12.6 Å². The van der Waals surface area contributed by atoms with Crippen LogP contribution in [0.2, 0.25) is 0 Å². The van der Waals surface area contributed by atoms with E-state index in [1.54, 1.807) is 23.4 Å². The summed E-state index contributed by atoms with van der Waals surface area (Å²) in [5, 5.41) is 3.34. The number of aromatic nitrogens is 2. The molecule has 10 heteroatoms. The van der Waals surface area contributed by atoms with Gasteiger partial charge in [0, 0.05) is 32.9 Å². The highest BCUT2D eigenvalue weighted by atomic mass is 35.5. The van der Waals surface area contributed by atoms with E-state index >= 15 is 0 Å². The van der Waals surface area contributed by atoms with Crippen LogP contribution in [-0.2, 0) is 21.9 Å². The largest absolute Gasteiger partial charge is 0.342 e. The number of halogens is 1. The van der Waals surface area contributed by atoms with Crippen LogP contribution in [0, 0.1) is 12.3 Å². The van der Waals surface area contributed by atoms with E-state index in [0.717, 1.165) is 25.9 Å². The molecular weight excluding hydrogens is 366 g/mol. The second-order valence-corrected chi connectivity index (χ2v) is 8.58. The highest BCUT2D eigenvalue weighted by Crippen LogP contribution is 2.36. The summed E-state index contributed by atoms with van der Waals surface area (Å²) in [6.45, 7) is 4.99. The zero-order valence-corrected chi connectivity index (χ0v) is 16.3. The maximum Gasteiger partial charge on any atom is 0.260 e. The van der Waals surface area contributed by atoms with Crippen molar-refractivity contribution in [2.24, 2.45) is 12.5 Å². The fourth-order valence-electron chi connectivity index (χ4n) is 3.45. The fraction of sp³-hybridized carbons (Fsp3) is 0.733. The van der Waals surface area contributed by atoms with Crippen molar-refractivity contribution in [3.63, 3.8) is 0 Å². The summed E-state index contributed by atoms with van der Waals surface area (Å²) < 4.78 is 28.4. The molecule has 0 unspecified atom stereocenters. The SMILES string of the molecule is Cc1nc(S(=O)(=O)NCC(=O)N2CCC3(CCNC3)CC2)cn1C.Cl. The zero-order valence-electron chi connectivity index (χ0n) is 14.6. The molecule has 0 radical (unpaired) electrons. The summed E-state index contributed by atoms with van der Waals surface area (Å²) in [6.07, 6.45) is 4.58. The molecular formula is C15H26ClN5O3S. The maximum atomic E-state index is 12.3. The van der Waals surface area contributed by atoms with Crippen LogP contribution in [0.5, 0.6) is 0 Å². The average molecular weight is 392 g/mol. The van der Waals surface area contributed by atoms with Gasteiger partial charge >= 0.3 is 0 Å². The minimum absolute atomic E-state index is 0. The van der Waals surface area contributed by atoms with Crippen molar-refractivity contribution < 1.29 is 13.2 Å². The molecule has 0 saturated carbocycles. The number of likely N-dealkylation sites (tertiary alicyclic amines) is 1. The predicted molar refractivity (Wildman–Crippen MR) is 96.1 cm³/mol. The van der Waals surface area contributed by atoms with Gasteiger partial charge in [-0.1, -0.05) is 0 Å². The molecule has 1 amide bonds. The molecule has 0 atom stereocenters. The van der Waals surface area contributed by atoms with Crippen molar-refractivity contribution in [2.45, 2.75) is 31.2 Å². The number of carbonyl (C=O) groups is 1. The Labute approximate surface area is 154 Å². The van der Waals surface area contributed by atoms with Gasteiger partial charge in [0.05, 0.1) is 6.54 Å². The van der Waals surface area contributed by atoms with Crippen molar-refractivity contribution in [1.82, 2.24) is 24.5 Å². The summed E-state index contributed by atoms with van der Waals surface area (Å²) in [4.78, 5) is 18.1. The smallest absolute Gasteiger partial charge is 0.260 e. The Bertz CT molecular complexity index is 698. The second kappa shape index (κ2) is 7.61. The minimum Gasteiger partial charge on any atom is -0.342 e. The van der Waals surface area contributed by atoms with Crippen LogP contribution in [0.25, 0.3) is 0 Å². The Morgan fingerprint density at radius 1 is 1.36 bits per heavy atom. The van der Waals surface area contributed by atoms with Gasteiger partial charge in [0.25, 0.3) is 10.0 Å². The number of carbonyl (C=O) groups excluding carboxylic acids is 1. The summed E-state index contributed by atoms with van der Waals surface area (Å²) in [7, 11) is -2.03. The van der Waals surface area contributed by atoms with Crippen molar-refractivity contribution >= 4 is 28.3 Å². The van der Waals surface area contributed by atoms with E-state index in [1.807, 2.05) is 0 Å². The van der Waals surface area contributed by atoms with Crippen molar-refractivity contribution in [1.29, 1.82) is 0 Å². The first-order valence-corrected chi connectivity index (χ1v) is 9.78. The van der Waals surface area contributed by atoms with Crippen molar-refractivity contribution in [3.8, 4) is 0 Å². The van der Waals surface area contributed by atoms with Gasteiger partial charge in [-0.15, -0.1) is 12.4 Å². The molecule has 2 fully saturated rings. The normalized spacial score (nSPS) is 19.8. The van der Waals surface area contributed by atoms with Gasteiger partial charge < -0.3 is 14.8 Å². The molecule has 2 N–H and O–H groups in total. The number of imidazole rings is 1. The molecule has 0 aromatic carbocycles. The average Bonchev–Trinajstić information content (AvgIpc) is 3.14. The second-order valence-electron chi connectivity index (χ2n) is 6.87. The van der Waals surface area contributed by atoms with Crippen molar-refractivity contribution in [2.75, 3.05) is 32.7 Å². The number of sulfonamides is 1. The molecule has 1 aromatic rings. The fourth-order valence-corrected chi connectivity index (χ4v) is 4.46. The van der Waals surface area contributed by atoms with Gasteiger partial charge in [0.1, 0.15) is 5.82 Å². The van der Waals surface area contributed by atoms with Gasteiger partial charge in [-0.25, -0.2) is 18.1 Å². The predicted octanol–water partition coefficient (Wildman–Crippen LogP) is 0.0307. The Kier molecular flexibility index (Phi) is 6.13. The van der Waals surface area contributed by atoms with Gasteiger partial charge in [0.15, 0.2) is 5.03 Å². The first-order valence-electron chi connectivity index (χ1n) is 8.30. The number of aryl methyl sites for hydroxylation is 2. The summed E-state index contributed by atoms with van der Waals surface area (Å²) >= 11 is 0. The Balaban J connectivity index is 0.00000225. The number of rotatable bonds is 4. The standard InChI is InChI=1S/C15H25N5O3S.ClH/c1-12-18-13(10-19(12)2)24(22,23)17-9-14(21)20-7-4-15(5-8-20)3-6-16-11-15;/h10,16-17H,3-9,11H2,1-2H3;1H. The summed E-state index contributed by atoms with van der Waals surface area (Å²) in [5.41, 5.74) is 0.335. The van der Waals surface area contributed by atoms with Crippen LogP contribution in [0.3, 0.4) is 0 Å². The van der Waals surface area contributed by atoms with Gasteiger partial charge in [0.2, 0.25) is 5.91 Å². The number of amides is 1. The molecule has 2 saturated heterocycles. The lowest BCUT2D eigenvalue weighted by molar-refractivity contribution is -0.132. The van der Waals surface area contributed by atoms with E-state index in [9.17, 15) is 13.2 Å². The molecule has 0 aliphatic carbocycles. The van der Waals surface area contributed by atoms with E-state index in [0.29, 0.717) is 24.3 Å². The van der Waals surface area contributed by atoms with Crippen molar-refractivity contribution in [3.05, 3.63) is 12.0 Å². The third kappa shape index (κ3) is 4.33. The third-order valence-electron chi connectivity index (χ3n) is 5.28. The first-order chi connectivity index (χ1) is 11.3. The van der Waals surface area contributed by atoms with Crippen LogP contribution >= 0.6 is 12.4 Å². The summed E-state index contributed by atoms with van der Waals surface area (Å²) in [5.74, 6) is 0.431. The van der Waals surface area contributed by atoms with Crippen LogP contribution in [0.4, 0.5) is 0 Å². The number of piperidine rings is 1. The van der Waals surface area contributed by atoms with Crippen LogP contribution < -0.4 is 10.0 Å². The van der Waals surface area contributed by atoms with E-state index in [4.69, 9.17) is 0 Å². The summed E-state index contributed by atoms with van der Waals surface area (Å²) in [6, 6.07) is 0. The molecule has 1 spiro atoms. The highest BCUT2D eigenvalue weighted by Gasteiger charge is 2.38. The third-order valence-corrected chi connectivity index (χ3v) is 6.56. The lowest BCUT2D eigenvalue weighted by atomic mass is 9.78. The Morgan fingerprint density at radius 3 is 2.56 bits per heavy atom. The van der Waals surface area contributed by atoms with Crippen LogP contribution in [0.15, 0.2) is 11.2 Å². The quantitative estimate of drug-likeness (QED) is 0.754. The minimum atomic E-state index is -3.76. The molecule has 142 valence electrons. The maximum absolute atomic E-state index is 12.3. The number of nitrogens with zero attached hydrogens (tertiary/aromatic N) is 3. The topological polar surface area (TPSA) is 96.3 Å². The zero-order chi connectivity index (χ0) is 17.4. The van der Waals surface area contributed by atoms with Gasteiger partial charge in [-0.2, -0.15) is 0 Å². The van der Waals surface area contributed by atoms with E-state index in [-0.39, 0.29) is 29.9 Å². The molecule has 2 aliphatic heterocycles. The van der Waals surface area contributed by atoms with E-state index in [2.05, 4.69) is 15.0 Å². The number of hydrogen-bond acceptors (Lipinski definition) is 5. The van der Waals surface area contributed by atoms with Gasteiger partial charge in [-0.3, -0.25) is 4.79 Å². The number of hydrogen-bond donors (Lipinski definition) is 2. The number of nitrogens with one attached hydrogen (secondary N) is 2. The Morgan fingerprint density at radius 2 is 2.04 bits per heavy atom. The van der Waals surface area contributed by atoms with Crippen LogP contribution in [-0.4, -0.2) is 61.5 Å². The molecule has 8 nitrogen and oxygen atoms in total. The van der Waals surface area contributed by atoms with Crippen LogP contribution in [0.1, 0.15) is 25.1 Å². The highest BCUT2D eigenvalue weighted by molar-refractivity contribution is 7.89. The lowest BCUT2D eigenvalue weighted by Gasteiger charge is -2.38. The van der Waals surface area contributed by atoms with E-state index < -0.39 is 10.0 Å².